The van der Waals surface area contributed by atoms with Crippen molar-refractivity contribution in [1.29, 1.82) is 0 Å². The Morgan fingerprint density at radius 2 is 2.22 bits per heavy atom. The Labute approximate surface area is 57.7 Å². The predicted molar refractivity (Wildman–Crippen MR) is 35.8 cm³/mol. The molecule has 0 aromatic rings. The van der Waals surface area contributed by atoms with Crippen molar-refractivity contribution in [2.45, 2.75) is 12.3 Å². The van der Waals surface area contributed by atoms with Crippen molar-refractivity contribution in [2.75, 3.05) is 0 Å². The number of hydrogen-bond donors (Lipinski definition) is 1. The van der Waals surface area contributed by atoms with Crippen LogP contribution in [0.5, 0.6) is 0 Å². The van der Waals surface area contributed by atoms with Crippen LogP contribution in [0.15, 0.2) is 23.1 Å². The van der Waals surface area contributed by atoms with E-state index in [4.69, 9.17) is 0 Å². The second-order valence-electron chi connectivity index (χ2n) is 1.93. The summed E-state index contributed by atoms with van der Waals surface area (Å²) in [5.41, 5.74) is 0. The minimum atomic E-state index is -2.65. The molecular weight excluding hydrogens is 142 g/mol. The molecule has 9 heavy (non-hydrogen) atoms. The lowest BCUT2D eigenvalue weighted by Crippen LogP contribution is -2.12. The van der Waals surface area contributed by atoms with Crippen molar-refractivity contribution in [2.24, 2.45) is 0 Å². The predicted octanol–water partition coefficient (Wildman–Crippen LogP) is 2.40. The number of alkyl halides is 2. The molecule has 1 aliphatic carbocycles. The summed E-state index contributed by atoms with van der Waals surface area (Å²) >= 11 is 3.88. The maximum atomic E-state index is 12.2. The average molecular weight is 148 g/mol. The average Bonchev–Trinajstić information content (AvgIpc) is 1.78. The minimum Gasteiger partial charge on any atom is -0.202 e. The van der Waals surface area contributed by atoms with Gasteiger partial charge in [-0.1, -0.05) is 6.08 Å². The van der Waals surface area contributed by atoms with Gasteiger partial charge in [0.2, 0.25) is 0 Å². The molecule has 0 aromatic heterocycles. The van der Waals surface area contributed by atoms with Crippen molar-refractivity contribution in [3.63, 3.8) is 0 Å². The van der Waals surface area contributed by atoms with Crippen LogP contribution in [0.1, 0.15) is 6.42 Å². The summed E-state index contributed by atoms with van der Waals surface area (Å²) < 4.78 is 24.4. The molecule has 0 heterocycles. The highest BCUT2D eigenvalue weighted by Crippen LogP contribution is 2.26. The molecule has 0 bridgehead atoms. The topological polar surface area (TPSA) is 0 Å². The van der Waals surface area contributed by atoms with Gasteiger partial charge in [-0.25, -0.2) is 8.78 Å². The second-order valence-corrected chi connectivity index (χ2v) is 2.44. The van der Waals surface area contributed by atoms with Gasteiger partial charge in [-0.05, 0) is 12.2 Å². The Morgan fingerprint density at radius 1 is 1.56 bits per heavy atom. The standard InChI is InChI=1S/C6H6F2S/c7-6(8)3-1-5(9)2-4-6/h1-3,9H,4H2. The van der Waals surface area contributed by atoms with Gasteiger partial charge < -0.3 is 0 Å². The van der Waals surface area contributed by atoms with E-state index in [-0.39, 0.29) is 6.42 Å². The lowest BCUT2D eigenvalue weighted by Gasteiger charge is -2.12. The van der Waals surface area contributed by atoms with Crippen molar-refractivity contribution < 1.29 is 8.78 Å². The molecule has 0 aliphatic heterocycles. The third kappa shape index (κ3) is 1.82. The summed E-state index contributed by atoms with van der Waals surface area (Å²) in [6, 6.07) is 0. The zero-order valence-electron chi connectivity index (χ0n) is 4.64. The highest BCUT2D eigenvalue weighted by Gasteiger charge is 2.25. The zero-order valence-corrected chi connectivity index (χ0v) is 5.54. The van der Waals surface area contributed by atoms with Gasteiger partial charge in [-0.15, -0.1) is 12.6 Å². The molecule has 0 amide bonds. The van der Waals surface area contributed by atoms with Crippen LogP contribution in [0.25, 0.3) is 0 Å². The Morgan fingerprint density at radius 3 is 2.56 bits per heavy atom. The molecule has 0 radical (unpaired) electrons. The number of hydrogen-bond acceptors (Lipinski definition) is 1. The van der Waals surface area contributed by atoms with E-state index in [0.717, 1.165) is 6.08 Å². The van der Waals surface area contributed by atoms with Crippen molar-refractivity contribution in [1.82, 2.24) is 0 Å². The number of rotatable bonds is 0. The first-order chi connectivity index (χ1) is 4.10. The van der Waals surface area contributed by atoms with Gasteiger partial charge in [0.1, 0.15) is 0 Å². The third-order valence-corrected chi connectivity index (χ3v) is 1.41. The molecule has 0 spiro atoms. The molecule has 0 atom stereocenters. The monoisotopic (exact) mass is 148 g/mol. The van der Waals surface area contributed by atoms with Crippen LogP contribution in [-0.2, 0) is 0 Å². The van der Waals surface area contributed by atoms with Crippen molar-refractivity contribution in [3.8, 4) is 0 Å². The van der Waals surface area contributed by atoms with E-state index < -0.39 is 5.92 Å². The second kappa shape index (κ2) is 2.14. The number of thiol groups is 1. The molecule has 0 saturated carbocycles. The highest BCUT2D eigenvalue weighted by molar-refractivity contribution is 7.84. The quantitative estimate of drug-likeness (QED) is 0.501. The first kappa shape index (κ1) is 6.81. The third-order valence-electron chi connectivity index (χ3n) is 1.08. The molecule has 0 saturated heterocycles. The van der Waals surface area contributed by atoms with Crippen LogP contribution >= 0.6 is 12.6 Å². The maximum Gasteiger partial charge on any atom is 0.270 e. The molecule has 0 nitrogen and oxygen atoms in total. The summed E-state index contributed by atoms with van der Waals surface area (Å²) in [4.78, 5) is 0.612. The Balaban J connectivity index is 2.70. The van der Waals surface area contributed by atoms with E-state index in [0.29, 0.717) is 4.91 Å². The summed E-state index contributed by atoms with van der Waals surface area (Å²) in [5, 5.41) is 0. The van der Waals surface area contributed by atoms with Crippen LogP contribution in [0.4, 0.5) is 8.78 Å². The van der Waals surface area contributed by atoms with E-state index in [1.54, 1.807) is 0 Å². The van der Waals surface area contributed by atoms with E-state index in [2.05, 4.69) is 12.6 Å². The summed E-state index contributed by atoms with van der Waals surface area (Å²) in [6.07, 6.45) is 3.37. The molecule has 1 rings (SSSR count). The van der Waals surface area contributed by atoms with Crippen LogP contribution in [0.2, 0.25) is 0 Å². The smallest absolute Gasteiger partial charge is 0.202 e. The van der Waals surface area contributed by atoms with Crippen LogP contribution in [-0.4, -0.2) is 5.92 Å². The molecule has 3 heteroatoms. The Bertz CT molecular complexity index is 170. The van der Waals surface area contributed by atoms with Gasteiger partial charge in [0, 0.05) is 11.3 Å². The van der Waals surface area contributed by atoms with E-state index in [9.17, 15) is 8.78 Å². The molecule has 0 unspecified atom stereocenters. The summed E-state index contributed by atoms with van der Waals surface area (Å²) in [7, 11) is 0. The van der Waals surface area contributed by atoms with Crippen LogP contribution < -0.4 is 0 Å². The maximum absolute atomic E-state index is 12.2. The highest BCUT2D eigenvalue weighted by atomic mass is 32.1. The fourth-order valence-corrected chi connectivity index (χ4v) is 0.750. The minimum absolute atomic E-state index is 0.220. The summed E-state index contributed by atoms with van der Waals surface area (Å²) in [5.74, 6) is -2.65. The number of halogens is 2. The van der Waals surface area contributed by atoms with E-state index >= 15 is 0 Å². The molecule has 0 aromatic carbocycles. The fraction of sp³-hybridized carbons (Fsp3) is 0.333. The molecular formula is C6H6F2S. The van der Waals surface area contributed by atoms with Gasteiger partial charge in [-0.2, -0.15) is 0 Å². The van der Waals surface area contributed by atoms with Crippen molar-refractivity contribution in [3.05, 3.63) is 23.1 Å². The first-order valence-electron chi connectivity index (χ1n) is 2.56. The first-order valence-corrected chi connectivity index (χ1v) is 3.01. The molecule has 0 fully saturated rings. The van der Waals surface area contributed by atoms with Gasteiger partial charge in [-0.3, -0.25) is 0 Å². The molecule has 50 valence electrons. The Kier molecular flexibility index (Phi) is 1.62. The van der Waals surface area contributed by atoms with Crippen LogP contribution in [0, 0.1) is 0 Å². The molecule has 0 N–H and O–H groups in total. The lowest BCUT2D eigenvalue weighted by atomic mass is 10.1. The lowest BCUT2D eigenvalue weighted by molar-refractivity contribution is 0.0575. The largest absolute Gasteiger partial charge is 0.270 e. The van der Waals surface area contributed by atoms with Crippen molar-refractivity contribution >= 4 is 12.6 Å². The summed E-state index contributed by atoms with van der Waals surface area (Å²) in [6.45, 7) is 0. The van der Waals surface area contributed by atoms with Gasteiger partial charge in [0.15, 0.2) is 0 Å². The van der Waals surface area contributed by atoms with E-state index in [1.807, 2.05) is 0 Å². The van der Waals surface area contributed by atoms with Gasteiger partial charge in [0.25, 0.3) is 5.92 Å². The fourth-order valence-electron chi connectivity index (χ4n) is 0.584. The molecule has 1 aliphatic rings. The Hall–Kier alpha value is -0.310. The van der Waals surface area contributed by atoms with E-state index in [1.165, 1.54) is 12.2 Å². The SMILES string of the molecule is FC1(F)C=CC(S)=CC1. The zero-order chi connectivity index (χ0) is 6.91. The normalized spacial score (nSPS) is 23.7. The van der Waals surface area contributed by atoms with Crippen LogP contribution in [0.3, 0.4) is 0 Å². The number of allylic oxidation sites excluding steroid dienone is 3. The van der Waals surface area contributed by atoms with Gasteiger partial charge in [0.05, 0.1) is 0 Å². The van der Waals surface area contributed by atoms with Gasteiger partial charge >= 0.3 is 0 Å².